The van der Waals surface area contributed by atoms with Gasteiger partial charge in [-0.2, -0.15) is 0 Å². The van der Waals surface area contributed by atoms with Gasteiger partial charge < -0.3 is 9.84 Å². The maximum Gasteiger partial charge on any atom is 0.298 e. The van der Waals surface area contributed by atoms with Crippen LogP contribution >= 0.6 is 11.8 Å². The number of carbonyl (C=O) groups excluding carboxylic acids is 2. The van der Waals surface area contributed by atoms with Crippen molar-refractivity contribution >= 4 is 34.7 Å². The molecule has 1 aliphatic rings. The van der Waals surface area contributed by atoms with Crippen molar-refractivity contribution in [3.05, 3.63) is 58.5 Å². The SMILES string of the molecule is CCOc1cc(/C=C2\SC(=O)N(c3ccc(C)cc3)C2=O)ccc1O. The smallest absolute Gasteiger partial charge is 0.298 e. The maximum atomic E-state index is 12.6. The van der Waals surface area contributed by atoms with Gasteiger partial charge in [-0.3, -0.25) is 9.59 Å². The Morgan fingerprint density at radius 1 is 1.16 bits per heavy atom. The van der Waals surface area contributed by atoms with Gasteiger partial charge in [0.1, 0.15) is 0 Å². The summed E-state index contributed by atoms with van der Waals surface area (Å²) in [6.07, 6.45) is 1.63. The molecule has 0 spiro atoms. The van der Waals surface area contributed by atoms with Crippen LogP contribution in [0.15, 0.2) is 47.4 Å². The van der Waals surface area contributed by atoms with Gasteiger partial charge in [0.25, 0.3) is 11.1 Å². The van der Waals surface area contributed by atoms with Crippen LogP contribution in [0.5, 0.6) is 11.5 Å². The van der Waals surface area contributed by atoms with E-state index in [9.17, 15) is 14.7 Å². The van der Waals surface area contributed by atoms with Crippen molar-refractivity contribution in [3.8, 4) is 11.5 Å². The van der Waals surface area contributed by atoms with Crippen molar-refractivity contribution in [2.24, 2.45) is 0 Å². The number of hydrogen-bond acceptors (Lipinski definition) is 5. The van der Waals surface area contributed by atoms with Gasteiger partial charge in [0.2, 0.25) is 0 Å². The van der Waals surface area contributed by atoms with Crippen molar-refractivity contribution in [1.29, 1.82) is 0 Å². The van der Waals surface area contributed by atoms with Gasteiger partial charge in [0.15, 0.2) is 11.5 Å². The molecule has 128 valence electrons. The number of benzene rings is 2. The van der Waals surface area contributed by atoms with E-state index in [1.54, 1.807) is 30.3 Å². The number of rotatable bonds is 4. The van der Waals surface area contributed by atoms with Gasteiger partial charge in [-0.05, 0) is 61.5 Å². The number of ether oxygens (including phenoxy) is 1. The van der Waals surface area contributed by atoms with Gasteiger partial charge in [-0.1, -0.05) is 23.8 Å². The standard InChI is InChI=1S/C19H17NO4S/c1-3-24-16-10-13(6-9-15(16)21)11-17-18(22)20(19(23)25-17)14-7-4-12(2)5-8-14/h4-11,21H,3H2,1-2H3/b17-11-. The zero-order valence-corrected chi connectivity index (χ0v) is 14.7. The van der Waals surface area contributed by atoms with Crippen LogP contribution in [0.4, 0.5) is 10.5 Å². The van der Waals surface area contributed by atoms with E-state index in [4.69, 9.17) is 4.74 Å². The summed E-state index contributed by atoms with van der Waals surface area (Å²) in [4.78, 5) is 26.4. The lowest BCUT2D eigenvalue weighted by atomic mass is 10.1. The molecule has 2 amide bonds. The van der Waals surface area contributed by atoms with E-state index in [1.807, 2.05) is 26.0 Å². The molecule has 1 saturated heterocycles. The molecule has 3 rings (SSSR count). The molecule has 0 bridgehead atoms. The molecule has 1 heterocycles. The summed E-state index contributed by atoms with van der Waals surface area (Å²) in [7, 11) is 0. The highest BCUT2D eigenvalue weighted by molar-refractivity contribution is 8.19. The number of aromatic hydroxyl groups is 1. The lowest BCUT2D eigenvalue weighted by Gasteiger charge is -2.12. The topological polar surface area (TPSA) is 66.8 Å². The molecule has 0 saturated carbocycles. The van der Waals surface area contributed by atoms with E-state index < -0.39 is 0 Å². The molecule has 0 aliphatic carbocycles. The maximum absolute atomic E-state index is 12.6. The normalized spacial score (nSPS) is 15.9. The minimum Gasteiger partial charge on any atom is -0.504 e. The largest absolute Gasteiger partial charge is 0.504 e. The minimum absolute atomic E-state index is 0.0340. The number of thioether (sulfide) groups is 1. The first kappa shape index (κ1) is 17.1. The number of amides is 2. The molecule has 2 aromatic carbocycles. The first-order chi connectivity index (χ1) is 12.0. The summed E-state index contributed by atoms with van der Waals surface area (Å²) in [5, 5.41) is 9.42. The molecule has 0 atom stereocenters. The first-order valence-electron chi connectivity index (χ1n) is 7.80. The van der Waals surface area contributed by atoms with Crippen LogP contribution in [0, 0.1) is 6.92 Å². The number of aryl methyl sites for hydroxylation is 1. The number of phenolic OH excluding ortho intramolecular Hbond substituents is 1. The molecule has 1 N–H and O–H groups in total. The third-order valence-corrected chi connectivity index (χ3v) is 4.54. The zero-order valence-electron chi connectivity index (χ0n) is 13.9. The lowest BCUT2D eigenvalue weighted by molar-refractivity contribution is -0.113. The van der Waals surface area contributed by atoms with Crippen LogP contribution in [0.25, 0.3) is 6.08 Å². The van der Waals surface area contributed by atoms with E-state index >= 15 is 0 Å². The number of hydrogen-bond donors (Lipinski definition) is 1. The molecule has 6 heteroatoms. The van der Waals surface area contributed by atoms with Crippen LogP contribution in [-0.2, 0) is 4.79 Å². The molecule has 25 heavy (non-hydrogen) atoms. The van der Waals surface area contributed by atoms with Gasteiger partial charge in [0, 0.05) is 0 Å². The van der Waals surface area contributed by atoms with Crippen LogP contribution in [-0.4, -0.2) is 22.9 Å². The van der Waals surface area contributed by atoms with Crippen LogP contribution in [0.3, 0.4) is 0 Å². The Labute approximate surface area is 149 Å². The molecule has 0 radical (unpaired) electrons. The Bertz CT molecular complexity index is 858. The van der Waals surface area contributed by atoms with Gasteiger partial charge in [-0.15, -0.1) is 0 Å². The molecule has 2 aromatic rings. The quantitative estimate of drug-likeness (QED) is 0.827. The Hall–Kier alpha value is -2.73. The van der Waals surface area contributed by atoms with E-state index in [0.717, 1.165) is 17.3 Å². The number of phenols is 1. The second-order valence-corrected chi connectivity index (χ2v) is 6.51. The van der Waals surface area contributed by atoms with Crippen molar-refractivity contribution in [1.82, 2.24) is 0 Å². The number of nitrogens with zero attached hydrogens (tertiary/aromatic N) is 1. The average Bonchev–Trinajstić information content (AvgIpc) is 2.86. The third kappa shape index (κ3) is 3.53. The van der Waals surface area contributed by atoms with E-state index in [2.05, 4.69) is 0 Å². The van der Waals surface area contributed by atoms with Crippen LogP contribution < -0.4 is 9.64 Å². The molecule has 1 aliphatic heterocycles. The second-order valence-electron chi connectivity index (χ2n) is 5.51. The van der Waals surface area contributed by atoms with Crippen molar-refractivity contribution in [2.75, 3.05) is 11.5 Å². The summed E-state index contributed by atoms with van der Waals surface area (Å²) in [5.41, 5.74) is 2.28. The fourth-order valence-electron chi connectivity index (χ4n) is 2.43. The van der Waals surface area contributed by atoms with Crippen LogP contribution in [0.1, 0.15) is 18.1 Å². The highest BCUT2D eigenvalue weighted by Crippen LogP contribution is 2.36. The van der Waals surface area contributed by atoms with Crippen LogP contribution in [0.2, 0.25) is 0 Å². The number of imide groups is 1. The molecular formula is C19H17NO4S. The fourth-order valence-corrected chi connectivity index (χ4v) is 3.27. The average molecular weight is 355 g/mol. The Morgan fingerprint density at radius 2 is 1.88 bits per heavy atom. The Morgan fingerprint density at radius 3 is 2.56 bits per heavy atom. The summed E-state index contributed by atoms with van der Waals surface area (Å²) in [5.74, 6) is 0.0191. The predicted octanol–water partition coefficient (Wildman–Crippen LogP) is 4.34. The number of anilines is 1. The van der Waals surface area contributed by atoms with Gasteiger partial charge >= 0.3 is 0 Å². The fraction of sp³-hybridized carbons (Fsp3) is 0.158. The zero-order chi connectivity index (χ0) is 18.0. The Balaban J connectivity index is 1.90. The highest BCUT2D eigenvalue weighted by Gasteiger charge is 2.36. The monoisotopic (exact) mass is 355 g/mol. The molecule has 5 nitrogen and oxygen atoms in total. The van der Waals surface area contributed by atoms with Crippen molar-refractivity contribution in [3.63, 3.8) is 0 Å². The summed E-state index contributed by atoms with van der Waals surface area (Å²) < 4.78 is 5.34. The summed E-state index contributed by atoms with van der Waals surface area (Å²) >= 11 is 0.894. The van der Waals surface area contributed by atoms with Gasteiger partial charge in [0.05, 0.1) is 17.2 Å². The molecule has 1 fully saturated rings. The van der Waals surface area contributed by atoms with Crippen molar-refractivity contribution in [2.45, 2.75) is 13.8 Å². The van der Waals surface area contributed by atoms with Gasteiger partial charge in [-0.25, -0.2) is 4.90 Å². The molecule has 0 unspecified atom stereocenters. The third-order valence-electron chi connectivity index (χ3n) is 3.67. The highest BCUT2D eigenvalue weighted by atomic mass is 32.2. The number of carbonyl (C=O) groups is 2. The van der Waals surface area contributed by atoms with E-state index in [1.165, 1.54) is 11.0 Å². The lowest BCUT2D eigenvalue weighted by Crippen LogP contribution is -2.27. The summed E-state index contributed by atoms with van der Waals surface area (Å²) in [6.45, 7) is 4.18. The molecule has 0 aromatic heterocycles. The minimum atomic E-state index is -0.357. The van der Waals surface area contributed by atoms with E-state index in [0.29, 0.717) is 28.5 Å². The first-order valence-corrected chi connectivity index (χ1v) is 8.61. The second kappa shape index (κ2) is 7.03. The van der Waals surface area contributed by atoms with Crippen molar-refractivity contribution < 1.29 is 19.4 Å². The van der Waals surface area contributed by atoms with E-state index in [-0.39, 0.29) is 16.9 Å². The Kier molecular flexibility index (Phi) is 4.81. The predicted molar refractivity (Wildman–Crippen MR) is 98.9 cm³/mol. The molecular weight excluding hydrogens is 338 g/mol. The summed E-state index contributed by atoms with van der Waals surface area (Å²) in [6, 6.07) is 12.0.